The predicted octanol–water partition coefficient (Wildman–Crippen LogP) is 5.79. The summed E-state index contributed by atoms with van der Waals surface area (Å²) in [5.41, 5.74) is 1.12. The van der Waals surface area contributed by atoms with Gasteiger partial charge in [0.05, 0.1) is 6.61 Å². The Kier molecular flexibility index (Phi) is 5.46. The second kappa shape index (κ2) is 8.20. The first-order valence-electron chi connectivity index (χ1n) is 9.50. The second-order valence-electron chi connectivity index (χ2n) is 6.76. The van der Waals surface area contributed by atoms with Crippen LogP contribution in [0.25, 0.3) is 21.9 Å². The number of nitrogens with zero attached hydrogens (tertiary/aromatic N) is 2. The van der Waals surface area contributed by atoms with E-state index in [1.165, 1.54) is 0 Å². The van der Waals surface area contributed by atoms with E-state index in [1.807, 2.05) is 6.92 Å². The van der Waals surface area contributed by atoms with Crippen LogP contribution in [0.3, 0.4) is 0 Å². The summed E-state index contributed by atoms with van der Waals surface area (Å²) in [5, 5.41) is 11.6. The van der Waals surface area contributed by atoms with Gasteiger partial charge in [-0.3, -0.25) is 0 Å². The summed E-state index contributed by atoms with van der Waals surface area (Å²) in [6.45, 7) is 4.01. The molecule has 4 aromatic rings. The minimum absolute atomic E-state index is 0.0929. The fourth-order valence-electron chi connectivity index (χ4n) is 3.04. The number of unbranched alkanes of at least 4 members (excludes halogenated alkanes) is 1. The SMILES string of the molecule is CCCCOC(=O)c1nc(Cl)c2ccc(Oc3ccc4nc(C)oc4c3)cc2c1O. The van der Waals surface area contributed by atoms with Gasteiger partial charge in [-0.15, -0.1) is 0 Å². The molecule has 1 N–H and O–H groups in total. The third-order valence-corrected chi connectivity index (χ3v) is 4.82. The smallest absolute Gasteiger partial charge is 0.360 e. The molecule has 30 heavy (non-hydrogen) atoms. The Labute approximate surface area is 177 Å². The fraction of sp³-hybridized carbons (Fsp3) is 0.227. The number of carbonyl (C=O) groups excluding carboxylic acids is 1. The van der Waals surface area contributed by atoms with Gasteiger partial charge >= 0.3 is 5.97 Å². The highest BCUT2D eigenvalue weighted by Crippen LogP contribution is 2.36. The summed E-state index contributed by atoms with van der Waals surface area (Å²) < 4.78 is 16.6. The van der Waals surface area contributed by atoms with Gasteiger partial charge in [-0.05, 0) is 36.8 Å². The van der Waals surface area contributed by atoms with Crippen molar-refractivity contribution in [2.75, 3.05) is 6.61 Å². The van der Waals surface area contributed by atoms with E-state index >= 15 is 0 Å². The lowest BCUT2D eigenvalue weighted by atomic mass is 10.1. The molecule has 0 atom stereocenters. The quantitative estimate of drug-likeness (QED) is 0.237. The molecule has 0 bridgehead atoms. The Balaban J connectivity index is 1.67. The van der Waals surface area contributed by atoms with Crippen LogP contribution in [0.2, 0.25) is 5.15 Å². The van der Waals surface area contributed by atoms with Crippen LogP contribution >= 0.6 is 11.6 Å². The molecule has 0 fully saturated rings. The number of rotatable bonds is 6. The van der Waals surface area contributed by atoms with Crippen LogP contribution in [0.5, 0.6) is 17.2 Å². The Morgan fingerprint density at radius 2 is 1.90 bits per heavy atom. The predicted molar refractivity (Wildman–Crippen MR) is 112 cm³/mol. The number of hydrogen-bond acceptors (Lipinski definition) is 7. The molecule has 2 aromatic carbocycles. The summed E-state index contributed by atoms with van der Waals surface area (Å²) in [7, 11) is 0. The number of pyridine rings is 1. The number of aryl methyl sites for hydroxylation is 1. The molecule has 0 radical (unpaired) electrons. The molecule has 2 aromatic heterocycles. The first kappa shape index (κ1) is 20.0. The van der Waals surface area contributed by atoms with Gasteiger partial charge in [0, 0.05) is 23.8 Å². The molecule has 0 unspecified atom stereocenters. The number of hydrogen-bond donors (Lipinski definition) is 1. The third kappa shape index (κ3) is 3.89. The van der Waals surface area contributed by atoms with E-state index < -0.39 is 5.97 Å². The van der Waals surface area contributed by atoms with Crippen molar-refractivity contribution in [2.45, 2.75) is 26.7 Å². The van der Waals surface area contributed by atoms with Crippen molar-refractivity contribution in [1.29, 1.82) is 0 Å². The minimum Gasteiger partial charge on any atom is -0.505 e. The van der Waals surface area contributed by atoms with Crippen LogP contribution in [0.15, 0.2) is 40.8 Å². The van der Waals surface area contributed by atoms with Gasteiger partial charge in [0.1, 0.15) is 22.2 Å². The largest absolute Gasteiger partial charge is 0.505 e. The van der Waals surface area contributed by atoms with Crippen molar-refractivity contribution in [2.24, 2.45) is 0 Å². The molecule has 0 aliphatic rings. The second-order valence-corrected chi connectivity index (χ2v) is 7.12. The van der Waals surface area contributed by atoms with Gasteiger partial charge in [0.2, 0.25) is 0 Å². The number of halogens is 1. The van der Waals surface area contributed by atoms with Crippen molar-refractivity contribution in [3.8, 4) is 17.2 Å². The normalized spacial score (nSPS) is 11.2. The number of carbonyl (C=O) groups is 1. The summed E-state index contributed by atoms with van der Waals surface area (Å²) in [4.78, 5) is 20.6. The summed E-state index contributed by atoms with van der Waals surface area (Å²) in [6, 6.07) is 10.3. The zero-order chi connectivity index (χ0) is 21.3. The molecule has 4 rings (SSSR count). The maximum atomic E-state index is 12.3. The number of benzene rings is 2. The first-order chi connectivity index (χ1) is 14.5. The van der Waals surface area contributed by atoms with E-state index in [0.717, 1.165) is 18.4 Å². The van der Waals surface area contributed by atoms with Gasteiger partial charge < -0.3 is 19.0 Å². The highest BCUT2D eigenvalue weighted by atomic mass is 35.5. The molecule has 2 heterocycles. The van der Waals surface area contributed by atoms with Gasteiger partial charge in [0.25, 0.3) is 0 Å². The topological polar surface area (TPSA) is 94.7 Å². The van der Waals surface area contributed by atoms with Crippen molar-refractivity contribution in [3.63, 3.8) is 0 Å². The van der Waals surface area contributed by atoms with Gasteiger partial charge in [0.15, 0.2) is 22.9 Å². The minimum atomic E-state index is -0.720. The van der Waals surface area contributed by atoms with Crippen LogP contribution in [0.1, 0.15) is 36.1 Å². The van der Waals surface area contributed by atoms with Crippen molar-refractivity contribution in [3.05, 3.63) is 53.1 Å². The third-order valence-electron chi connectivity index (χ3n) is 4.53. The number of aromatic nitrogens is 2. The molecular weight excluding hydrogens is 408 g/mol. The Morgan fingerprint density at radius 1 is 1.13 bits per heavy atom. The molecule has 0 amide bonds. The van der Waals surface area contributed by atoms with Crippen LogP contribution < -0.4 is 4.74 Å². The van der Waals surface area contributed by atoms with Crippen LogP contribution in [0, 0.1) is 6.92 Å². The fourth-order valence-corrected chi connectivity index (χ4v) is 3.29. The van der Waals surface area contributed by atoms with Crippen molar-refractivity contribution >= 4 is 39.4 Å². The first-order valence-corrected chi connectivity index (χ1v) is 9.88. The zero-order valence-electron chi connectivity index (χ0n) is 16.4. The zero-order valence-corrected chi connectivity index (χ0v) is 17.2. The summed E-state index contributed by atoms with van der Waals surface area (Å²) in [6.07, 6.45) is 1.60. The molecule has 154 valence electrons. The Bertz CT molecular complexity index is 1250. The highest BCUT2D eigenvalue weighted by Gasteiger charge is 2.20. The van der Waals surface area contributed by atoms with Gasteiger partial charge in [-0.2, -0.15) is 0 Å². The van der Waals surface area contributed by atoms with Gasteiger partial charge in [-0.1, -0.05) is 24.9 Å². The van der Waals surface area contributed by atoms with E-state index in [-0.39, 0.29) is 23.2 Å². The lowest BCUT2D eigenvalue weighted by Gasteiger charge is -2.11. The highest BCUT2D eigenvalue weighted by molar-refractivity contribution is 6.34. The molecule has 0 saturated carbocycles. The van der Waals surface area contributed by atoms with Crippen molar-refractivity contribution in [1.82, 2.24) is 9.97 Å². The molecule has 0 saturated heterocycles. The molecular formula is C22H19ClN2O5. The van der Waals surface area contributed by atoms with Crippen molar-refractivity contribution < 1.29 is 23.8 Å². The molecule has 0 aliphatic heterocycles. The standard InChI is InChI=1S/C22H19ClN2O5/c1-3-4-9-28-22(27)19-20(26)16-10-13(5-7-15(16)21(23)25-19)30-14-6-8-17-18(11-14)29-12(2)24-17/h5-8,10-11,26H,3-4,9H2,1-2H3. The van der Waals surface area contributed by atoms with Crippen LogP contribution in [0.4, 0.5) is 0 Å². The number of esters is 1. The number of oxazole rings is 1. The summed E-state index contributed by atoms with van der Waals surface area (Å²) >= 11 is 6.23. The number of aromatic hydroxyl groups is 1. The average Bonchev–Trinajstić information content (AvgIpc) is 3.10. The molecule has 0 spiro atoms. The Hall–Kier alpha value is -3.32. The summed E-state index contributed by atoms with van der Waals surface area (Å²) in [5.74, 6) is 0.529. The van der Waals surface area contributed by atoms with E-state index in [2.05, 4.69) is 9.97 Å². The van der Waals surface area contributed by atoms with E-state index in [4.69, 9.17) is 25.5 Å². The molecule has 8 heteroatoms. The van der Waals surface area contributed by atoms with E-state index in [0.29, 0.717) is 33.7 Å². The molecule has 7 nitrogen and oxygen atoms in total. The maximum absolute atomic E-state index is 12.3. The number of fused-ring (bicyclic) bond motifs is 2. The lowest BCUT2D eigenvalue weighted by Crippen LogP contribution is -2.09. The van der Waals surface area contributed by atoms with Crippen LogP contribution in [-0.2, 0) is 4.74 Å². The lowest BCUT2D eigenvalue weighted by molar-refractivity contribution is 0.0489. The Morgan fingerprint density at radius 3 is 2.70 bits per heavy atom. The van der Waals surface area contributed by atoms with Gasteiger partial charge in [-0.25, -0.2) is 14.8 Å². The number of ether oxygens (including phenoxy) is 2. The maximum Gasteiger partial charge on any atom is 0.360 e. The average molecular weight is 427 g/mol. The monoisotopic (exact) mass is 426 g/mol. The molecule has 0 aliphatic carbocycles. The van der Waals surface area contributed by atoms with E-state index in [9.17, 15) is 9.90 Å². The van der Waals surface area contributed by atoms with Crippen LogP contribution in [-0.4, -0.2) is 27.7 Å². The van der Waals surface area contributed by atoms with E-state index in [1.54, 1.807) is 43.3 Å².